The van der Waals surface area contributed by atoms with Crippen molar-refractivity contribution in [1.82, 2.24) is 4.98 Å². The summed E-state index contributed by atoms with van der Waals surface area (Å²) < 4.78 is 0. The minimum atomic E-state index is -1.08. The summed E-state index contributed by atoms with van der Waals surface area (Å²) in [4.78, 5) is 14.9. The first-order chi connectivity index (χ1) is 9.55. The average molecular weight is 272 g/mol. The molecule has 0 spiro atoms. The summed E-state index contributed by atoms with van der Waals surface area (Å²) in [7, 11) is 0. The van der Waals surface area contributed by atoms with Gasteiger partial charge in [-0.15, -0.1) is 0 Å². The number of carbonyl (C=O) groups is 1. The molecule has 1 aromatic heterocycles. The van der Waals surface area contributed by atoms with Gasteiger partial charge in [0.25, 0.3) is 0 Å². The highest BCUT2D eigenvalue weighted by molar-refractivity contribution is 5.85. The molecule has 0 saturated heterocycles. The van der Waals surface area contributed by atoms with Gasteiger partial charge in [0.05, 0.1) is 12.1 Å². The number of aliphatic hydroxyl groups is 1. The third-order valence-corrected chi connectivity index (χ3v) is 3.10. The van der Waals surface area contributed by atoms with Crippen LogP contribution in [0, 0.1) is 0 Å². The van der Waals surface area contributed by atoms with Crippen LogP contribution in [0.2, 0.25) is 0 Å². The van der Waals surface area contributed by atoms with Gasteiger partial charge in [-0.25, -0.2) is 9.78 Å². The van der Waals surface area contributed by atoms with Crippen LogP contribution in [0.15, 0.2) is 48.5 Å². The van der Waals surface area contributed by atoms with Crippen molar-refractivity contribution in [3.8, 4) is 0 Å². The first kappa shape index (κ1) is 14.0. The van der Waals surface area contributed by atoms with Crippen molar-refractivity contribution in [2.45, 2.75) is 12.5 Å². The quantitative estimate of drug-likeness (QED) is 0.776. The summed E-state index contributed by atoms with van der Waals surface area (Å²) in [5, 5.41) is 21.7. The Bertz CT molecular complexity index is 601. The molecule has 1 atom stereocenters. The zero-order chi connectivity index (χ0) is 14.6. The summed E-state index contributed by atoms with van der Waals surface area (Å²) in [6, 6.07) is 14.1. The van der Waals surface area contributed by atoms with E-state index in [1.165, 1.54) is 6.07 Å². The number of aromatic nitrogens is 1. The molecule has 1 unspecified atom stereocenters. The molecule has 0 amide bonds. The lowest BCUT2D eigenvalue weighted by Gasteiger charge is -2.30. The van der Waals surface area contributed by atoms with Crippen molar-refractivity contribution in [2.75, 3.05) is 11.9 Å². The van der Waals surface area contributed by atoms with Gasteiger partial charge in [0.1, 0.15) is 5.82 Å². The molecule has 5 heteroatoms. The molecule has 2 aromatic rings. The van der Waals surface area contributed by atoms with E-state index < -0.39 is 11.5 Å². The van der Waals surface area contributed by atoms with E-state index in [-0.39, 0.29) is 12.3 Å². The first-order valence-corrected chi connectivity index (χ1v) is 6.20. The number of aromatic carboxylic acids is 1. The summed E-state index contributed by atoms with van der Waals surface area (Å²) in [6.07, 6.45) is 0. The van der Waals surface area contributed by atoms with Crippen molar-refractivity contribution in [2.24, 2.45) is 0 Å². The van der Waals surface area contributed by atoms with Gasteiger partial charge in [0.15, 0.2) is 5.69 Å². The second kappa shape index (κ2) is 5.71. The van der Waals surface area contributed by atoms with E-state index in [0.29, 0.717) is 5.82 Å². The SMILES string of the molecule is CC(CO)(Nc1cccc(C(=O)O)n1)c1ccccc1. The molecule has 5 nitrogen and oxygen atoms in total. The summed E-state index contributed by atoms with van der Waals surface area (Å²) in [5.74, 6) is -0.677. The van der Waals surface area contributed by atoms with Gasteiger partial charge in [-0.05, 0) is 24.6 Å². The Morgan fingerprint density at radius 3 is 2.50 bits per heavy atom. The highest BCUT2D eigenvalue weighted by atomic mass is 16.4. The van der Waals surface area contributed by atoms with E-state index >= 15 is 0 Å². The van der Waals surface area contributed by atoms with Crippen molar-refractivity contribution >= 4 is 11.8 Å². The van der Waals surface area contributed by atoms with Crippen LogP contribution in [0.5, 0.6) is 0 Å². The lowest BCUT2D eigenvalue weighted by molar-refractivity contribution is 0.0690. The van der Waals surface area contributed by atoms with E-state index in [1.807, 2.05) is 37.3 Å². The molecule has 1 heterocycles. The van der Waals surface area contributed by atoms with Crippen LogP contribution in [-0.4, -0.2) is 27.8 Å². The molecular weight excluding hydrogens is 256 g/mol. The fraction of sp³-hybridized carbons (Fsp3) is 0.200. The van der Waals surface area contributed by atoms with Gasteiger partial charge >= 0.3 is 5.97 Å². The standard InChI is InChI=1S/C15H16N2O3/c1-15(10-18,11-6-3-2-4-7-11)17-13-9-5-8-12(16-13)14(19)20/h2-9,18H,10H2,1H3,(H,16,17)(H,19,20). The van der Waals surface area contributed by atoms with E-state index in [2.05, 4.69) is 10.3 Å². The molecule has 3 N–H and O–H groups in total. The van der Waals surface area contributed by atoms with Crippen LogP contribution < -0.4 is 5.32 Å². The summed E-state index contributed by atoms with van der Waals surface area (Å²) >= 11 is 0. The smallest absolute Gasteiger partial charge is 0.354 e. The zero-order valence-electron chi connectivity index (χ0n) is 11.1. The Morgan fingerprint density at radius 1 is 1.20 bits per heavy atom. The largest absolute Gasteiger partial charge is 0.477 e. The molecule has 0 aliphatic heterocycles. The summed E-state index contributed by atoms with van der Waals surface area (Å²) in [6.45, 7) is 1.69. The predicted molar refractivity (Wildman–Crippen MR) is 75.7 cm³/mol. The van der Waals surface area contributed by atoms with E-state index in [0.717, 1.165) is 5.56 Å². The first-order valence-electron chi connectivity index (χ1n) is 6.20. The van der Waals surface area contributed by atoms with Gasteiger partial charge in [0, 0.05) is 0 Å². The number of hydrogen-bond acceptors (Lipinski definition) is 4. The molecule has 0 aliphatic carbocycles. The number of aliphatic hydroxyl groups excluding tert-OH is 1. The second-order valence-electron chi connectivity index (χ2n) is 4.69. The van der Waals surface area contributed by atoms with Gasteiger partial charge in [-0.2, -0.15) is 0 Å². The second-order valence-corrected chi connectivity index (χ2v) is 4.69. The Labute approximate surface area is 116 Å². The van der Waals surface area contributed by atoms with E-state index in [9.17, 15) is 9.90 Å². The van der Waals surface area contributed by atoms with Crippen molar-refractivity contribution in [3.05, 3.63) is 59.8 Å². The van der Waals surface area contributed by atoms with Gasteiger partial charge in [-0.1, -0.05) is 36.4 Å². The van der Waals surface area contributed by atoms with Crippen LogP contribution in [0.4, 0.5) is 5.82 Å². The minimum absolute atomic E-state index is 0.0386. The maximum atomic E-state index is 10.9. The fourth-order valence-electron chi connectivity index (χ4n) is 1.92. The lowest BCUT2D eigenvalue weighted by atomic mass is 9.93. The molecule has 0 radical (unpaired) electrons. The molecule has 20 heavy (non-hydrogen) atoms. The number of carboxylic acids is 1. The maximum Gasteiger partial charge on any atom is 0.354 e. The minimum Gasteiger partial charge on any atom is -0.477 e. The fourth-order valence-corrected chi connectivity index (χ4v) is 1.92. The van der Waals surface area contributed by atoms with Crippen LogP contribution in [0.3, 0.4) is 0 Å². The van der Waals surface area contributed by atoms with Crippen LogP contribution in [0.25, 0.3) is 0 Å². The van der Waals surface area contributed by atoms with Crippen LogP contribution >= 0.6 is 0 Å². The number of nitrogens with one attached hydrogen (secondary N) is 1. The Morgan fingerprint density at radius 2 is 1.90 bits per heavy atom. The predicted octanol–water partition coefficient (Wildman–Crippen LogP) is 2.10. The maximum absolute atomic E-state index is 10.9. The lowest BCUT2D eigenvalue weighted by Crippen LogP contribution is -2.36. The third kappa shape index (κ3) is 2.95. The van der Waals surface area contributed by atoms with Crippen LogP contribution in [0.1, 0.15) is 23.0 Å². The molecule has 0 aliphatic rings. The van der Waals surface area contributed by atoms with Crippen molar-refractivity contribution < 1.29 is 15.0 Å². The number of carboxylic acid groups (broad SMARTS) is 1. The highest BCUT2D eigenvalue weighted by Crippen LogP contribution is 2.24. The zero-order valence-corrected chi connectivity index (χ0v) is 11.1. The topological polar surface area (TPSA) is 82.5 Å². The number of nitrogens with zero attached hydrogens (tertiary/aromatic N) is 1. The molecule has 0 fully saturated rings. The number of anilines is 1. The molecular formula is C15H16N2O3. The number of pyridine rings is 1. The van der Waals surface area contributed by atoms with E-state index in [4.69, 9.17) is 5.11 Å². The third-order valence-electron chi connectivity index (χ3n) is 3.10. The van der Waals surface area contributed by atoms with E-state index in [1.54, 1.807) is 12.1 Å². The molecule has 0 bridgehead atoms. The van der Waals surface area contributed by atoms with Gasteiger partial charge in [0.2, 0.25) is 0 Å². The normalized spacial score (nSPS) is 13.5. The molecule has 104 valence electrons. The number of benzene rings is 1. The number of rotatable bonds is 5. The van der Waals surface area contributed by atoms with Gasteiger partial charge in [-0.3, -0.25) is 0 Å². The van der Waals surface area contributed by atoms with Gasteiger partial charge < -0.3 is 15.5 Å². The Kier molecular flexibility index (Phi) is 4.00. The number of hydrogen-bond donors (Lipinski definition) is 3. The Balaban J connectivity index is 2.31. The molecule has 2 rings (SSSR count). The van der Waals surface area contributed by atoms with Crippen LogP contribution in [-0.2, 0) is 5.54 Å². The average Bonchev–Trinajstić information content (AvgIpc) is 2.48. The monoisotopic (exact) mass is 272 g/mol. The molecule has 0 saturated carbocycles. The molecule has 1 aromatic carbocycles. The van der Waals surface area contributed by atoms with Crippen molar-refractivity contribution in [3.63, 3.8) is 0 Å². The summed E-state index contributed by atoms with van der Waals surface area (Å²) in [5.41, 5.74) is 0.124. The van der Waals surface area contributed by atoms with Crippen molar-refractivity contribution in [1.29, 1.82) is 0 Å². The Hall–Kier alpha value is -2.40. The highest BCUT2D eigenvalue weighted by Gasteiger charge is 2.26.